The van der Waals surface area contributed by atoms with Crippen LogP contribution in [-0.2, 0) is 9.47 Å². The number of hydrogen-bond donors (Lipinski definition) is 0. The molecule has 65 valence electrons. The summed E-state index contributed by atoms with van der Waals surface area (Å²) in [6.07, 6.45) is 0.246. The minimum Gasteiger partial charge on any atom is -0.382 e. The molecule has 0 aromatic carbocycles. The molecule has 0 saturated carbocycles. The normalized spacial score (nSPS) is 27.3. The summed E-state index contributed by atoms with van der Waals surface area (Å²) < 4.78 is 10.5. The van der Waals surface area contributed by atoms with E-state index in [0.29, 0.717) is 6.61 Å². The fraction of sp³-hybridized carbons (Fsp3) is 0.875. The highest BCUT2D eigenvalue weighted by molar-refractivity contribution is 4.71. The van der Waals surface area contributed by atoms with Crippen LogP contribution in [0.5, 0.6) is 0 Å². The van der Waals surface area contributed by atoms with Gasteiger partial charge in [0.2, 0.25) is 0 Å². The second-order valence-electron chi connectivity index (χ2n) is 2.75. The average Bonchev–Trinajstić information content (AvgIpc) is 2.06. The van der Waals surface area contributed by atoms with Crippen molar-refractivity contribution in [2.24, 2.45) is 0 Å². The molecule has 1 saturated heterocycles. The van der Waals surface area contributed by atoms with Gasteiger partial charge in [0.1, 0.15) is 0 Å². The zero-order valence-corrected chi connectivity index (χ0v) is 7.08. The summed E-state index contributed by atoms with van der Waals surface area (Å²) in [6, 6.07) is 0. The van der Waals surface area contributed by atoms with Gasteiger partial charge >= 0.3 is 0 Å². The Bertz CT molecular complexity index is 106. The molecule has 11 heavy (non-hydrogen) atoms. The van der Waals surface area contributed by atoms with Gasteiger partial charge in [-0.05, 0) is 13.5 Å². The highest BCUT2D eigenvalue weighted by Gasteiger charge is 2.18. The lowest BCUT2D eigenvalue weighted by Crippen LogP contribution is -2.44. The molecule has 1 rings (SSSR count). The summed E-state index contributed by atoms with van der Waals surface area (Å²) in [4.78, 5) is 2.27. The minimum atomic E-state index is 0.246. The molecule has 3 nitrogen and oxygen atoms in total. The summed E-state index contributed by atoms with van der Waals surface area (Å²) in [5, 5.41) is 0. The molecule has 1 aliphatic heterocycles. The first-order chi connectivity index (χ1) is 5.36. The van der Waals surface area contributed by atoms with Gasteiger partial charge in [0.15, 0.2) is 0 Å². The SMILES string of the molecule is [CH2]CN1CCOC(COC)C1. The number of methoxy groups -OCH3 is 1. The molecule has 0 amide bonds. The molecule has 1 atom stereocenters. The average molecular weight is 158 g/mol. The van der Waals surface area contributed by atoms with Crippen molar-refractivity contribution in [1.29, 1.82) is 0 Å². The standard InChI is InChI=1S/C8H16NO2/c1-3-9-4-5-11-8(6-9)7-10-2/h8H,1,3-7H2,2H3. The summed E-state index contributed by atoms with van der Waals surface area (Å²) >= 11 is 0. The van der Waals surface area contributed by atoms with E-state index in [1.165, 1.54) is 0 Å². The van der Waals surface area contributed by atoms with E-state index in [1.54, 1.807) is 7.11 Å². The van der Waals surface area contributed by atoms with Crippen LogP contribution in [0.1, 0.15) is 0 Å². The van der Waals surface area contributed by atoms with Crippen LogP contribution < -0.4 is 0 Å². The van der Waals surface area contributed by atoms with Crippen LogP contribution in [0, 0.1) is 6.92 Å². The van der Waals surface area contributed by atoms with Gasteiger partial charge in [0, 0.05) is 20.2 Å². The minimum absolute atomic E-state index is 0.246. The van der Waals surface area contributed by atoms with Crippen molar-refractivity contribution in [1.82, 2.24) is 4.90 Å². The third kappa shape index (κ3) is 2.77. The van der Waals surface area contributed by atoms with Crippen molar-refractivity contribution in [3.05, 3.63) is 6.92 Å². The fourth-order valence-corrected chi connectivity index (χ4v) is 1.27. The van der Waals surface area contributed by atoms with Crippen LogP contribution in [0.25, 0.3) is 0 Å². The summed E-state index contributed by atoms with van der Waals surface area (Å²) in [5.74, 6) is 0. The van der Waals surface area contributed by atoms with Crippen LogP contribution in [0.15, 0.2) is 0 Å². The zero-order valence-electron chi connectivity index (χ0n) is 7.08. The molecule has 0 aromatic rings. The first kappa shape index (κ1) is 8.97. The third-order valence-electron chi connectivity index (χ3n) is 1.89. The monoisotopic (exact) mass is 158 g/mol. The van der Waals surface area contributed by atoms with Gasteiger partial charge in [-0.2, -0.15) is 0 Å². The lowest BCUT2D eigenvalue weighted by atomic mass is 10.3. The van der Waals surface area contributed by atoms with Crippen molar-refractivity contribution in [2.75, 3.05) is 40.0 Å². The van der Waals surface area contributed by atoms with E-state index in [9.17, 15) is 0 Å². The Morgan fingerprint density at radius 2 is 2.55 bits per heavy atom. The Kier molecular flexibility index (Phi) is 3.83. The Morgan fingerprint density at radius 1 is 1.73 bits per heavy atom. The maximum Gasteiger partial charge on any atom is 0.0935 e. The third-order valence-corrected chi connectivity index (χ3v) is 1.89. The number of ether oxygens (including phenoxy) is 2. The van der Waals surface area contributed by atoms with Gasteiger partial charge in [-0.15, -0.1) is 0 Å². The topological polar surface area (TPSA) is 21.7 Å². The molecule has 1 aliphatic rings. The van der Waals surface area contributed by atoms with Crippen LogP contribution in [0.4, 0.5) is 0 Å². The predicted molar refractivity (Wildman–Crippen MR) is 43.4 cm³/mol. The van der Waals surface area contributed by atoms with E-state index in [4.69, 9.17) is 9.47 Å². The Morgan fingerprint density at radius 3 is 3.18 bits per heavy atom. The molecule has 0 aliphatic carbocycles. The zero-order chi connectivity index (χ0) is 8.10. The molecule has 1 heterocycles. The van der Waals surface area contributed by atoms with E-state index in [0.717, 1.165) is 26.2 Å². The highest BCUT2D eigenvalue weighted by Crippen LogP contribution is 2.04. The Balaban J connectivity index is 2.21. The van der Waals surface area contributed by atoms with Crippen molar-refractivity contribution < 1.29 is 9.47 Å². The van der Waals surface area contributed by atoms with Gasteiger partial charge in [-0.1, -0.05) is 0 Å². The van der Waals surface area contributed by atoms with E-state index < -0.39 is 0 Å². The van der Waals surface area contributed by atoms with Crippen molar-refractivity contribution >= 4 is 0 Å². The number of rotatable bonds is 3. The molecular weight excluding hydrogens is 142 g/mol. The van der Waals surface area contributed by atoms with Gasteiger partial charge in [0.05, 0.1) is 19.3 Å². The molecular formula is C8H16NO2. The lowest BCUT2D eigenvalue weighted by Gasteiger charge is -2.31. The number of morpholine rings is 1. The van der Waals surface area contributed by atoms with Crippen molar-refractivity contribution in [3.63, 3.8) is 0 Å². The van der Waals surface area contributed by atoms with Gasteiger partial charge in [0.25, 0.3) is 0 Å². The molecule has 0 bridgehead atoms. The number of nitrogens with zero attached hydrogens (tertiary/aromatic N) is 1. The first-order valence-corrected chi connectivity index (χ1v) is 3.99. The Hall–Kier alpha value is -0.120. The second-order valence-corrected chi connectivity index (χ2v) is 2.75. The van der Waals surface area contributed by atoms with E-state index in [-0.39, 0.29) is 6.10 Å². The smallest absolute Gasteiger partial charge is 0.0935 e. The highest BCUT2D eigenvalue weighted by atomic mass is 16.5. The van der Waals surface area contributed by atoms with Crippen molar-refractivity contribution in [2.45, 2.75) is 6.10 Å². The van der Waals surface area contributed by atoms with Gasteiger partial charge in [-0.3, -0.25) is 4.90 Å². The largest absolute Gasteiger partial charge is 0.382 e. The molecule has 0 N–H and O–H groups in total. The van der Waals surface area contributed by atoms with Crippen LogP contribution in [0.3, 0.4) is 0 Å². The Labute approximate surface area is 68.3 Å². The molecule has 1 radical (unpaired) electrons. The molecule has 0 aromatic heterocycles. The van der Waals surface area contributed by atoms with Gasteiger partial charge < -0.3 is 9.47 Å². The second kappa shape index (κ2) is 4.70. The van der Waals surface area contributed by atoms with Gasteiger partial charge in [-0.25, -0.2) is 0 Å². The summed E-state index contributed by atoms with van der Waals surface area (Å²) in [7, 11) is 1.70. The molecule has 3 heteroatoms. The van der Waals surface area contributed by atoms with Crippen LogP contribution in [-0.4, -0.2) is 51.0 Å². The summed E-state index contributed by atoms with van der Waals surface area (Å²) in [6.45, 7) is 8.16. The molecule has 1 unspecified atom stereocenters. The predicted octanol–water partition coefficient (Wildman–Crippen LogP) is 0.168. The molecule has 1 fully saturated rings. The van der Waals surface area contributed by atoms with Crippen LogP contribution >= 0.6 is 0 Å². The quantitative estimate of drug-likeness (QED) is 0.584. The first-order valence-electron chi connectivity index (χ1n) is 3.99. The maximum absolute atomic E-state index is 5.46. The number of hydrogen-bond acceptors (Lipinski definition) is 3. The summed E-state index contributed by atoms with van der Waals surface area (Å²) in [5.41, 5.74) is 0. The molecule has 0 spiro atoms. The van der Waals surface area contributed by atoms with Crippen molar-refractivity contribution in [3.8, 4) is 0 Å². The van der Waals surface area contributed by atoms with E-state index >= 15 is 0 Å². The maximum atomic E-state index is 5.46. The fourth-order valence-electron chi connectivity index (χ4n) is 1.27. The van der Waals surface area contributed by atoms with E-state index in [1.807, 2.05) is 0 Å². The lowest BCUT2D eigenvalue weighted by molar-refractivity contribution is -0.0581. The van der Waals surface area contributed by atoms with Crippen LogP contribution in [0.2, 0.25) is 0 Å². The van der Waals surface area contributed by atoms with E-state index in [2.05, 4.69) is 11.8 Å².